The van der Waals surface area contributed by atoms with E-state index in [0.717, 1.165) is 42.6 Å². The molecule has 0 radical (unpaired) electrons. The Kier molecular flexibility index (Phi) is 5.71. The molecule has 0 spiro atoms. The van der Waals surface area contributed by atoms with Crippen molar-refractivity contribution in [3.05, 3.63) is 65.7 Å². The van der Waals surface area contributed by atoms with Crippen LogP contribution in [0.5, 0.6) is 5.75 Å². The summed E-state index contributed by atoms with van der Waals surface area (Å²) in [5.74, 6) is 0.790. The Balaban J connectivity index is 1.48. The van der Waals surface area contributed by atoms with Gasteiger partial charge in [-0.15, -0.1) is 0 Å². The molecule has 3 rings (SSSR count). The van der Waals surface area contributed by atoms with Crippen LogP contribution < -0.4 is 15.8 Å². The Morgan fingerprint density at radius 2 is 1.64 bits per heavy atom. The summed E-state index contributed by atoms with van der Waals surface area (Å²) >= 11 is 0. The van der Waals surface area contributed by atoms with Crippen LogP contribution in [0.4, 0.5) is 0 Å². The van der Waals surface area contributed by atoms with Crippen LogP contribution >= 0.6 is 0 Å². The Bertz CT molecular complexity index is 677. The molecule has 0 unspecified atom stereocenters. The van der Waals surface area contributed by atoms with Gasteiger partial charge in [0, 0.05) is 6.54 Å². The maximum Gasteiger partial charge on any atom is 0.240 e. The van der Waals surface area contributed by atoms with Gasteiger partial charge in [-0.2, -0.15) is 0 Å². The SMILES string of the molecule is NC1(C(=O)NCc2ccc(OCc3ccccc3)cc2)CCCCC1. The first-order valence-corrected chi connectivity index (χ1v) is 8.99. The Morgan fingerprint density at radius 1 is 0.960 bits per heavy atom. The van der Waals surface area contributed by atoms with E-state index in [1.807, 2.05) is 54.6 Å². The molecule has 1 saturated carbocycles. The molecule has 4 nitrogen and oxygen atoms in total. The number of hydrogen-bond acceptors (Lipinski definition) is 3. The molecule has 1 amide bonds. The molecule has 2 aromatic carbocycles. The number of nitrogens with two attached hydrogens (primary N) is 1. The lowest BCUT2D eigenvalue weighted by molar-refractivity contribution is -0.127. The van der Waals surface area contributed by atoms with Crippen molar-refractivity contribution in [3.8, 4) is 5.75 Å². The van der Waals surface area contributed by atoms with Gasteiger partial charge in [0.05, 0.1) is 5.54 Å². The molecule has 0 atom stereocenters. The average molecular weight is 338 g/mol. The maximum absolute atomic E-state index is 12.4. The molecule has 0 saturated heterocycles. The van der Waals surface area contributed by atoms with Crippen LogP contribution in [0, 0.1) is 0 Å². The van der Waals surface area contributed by atoms with Crippen molar-refractivity contribution in [3.63, 3.8) is 0 Å². The van der Waals surface area contributed by atoms with E-state index in [1.165, 1.54) is 6.42 Å². The van der Waals surface area contributed by atoms with E-state index in [1.54, 1.807) is 0 Å². The molecule has 1 fully saturated rings. The summed E-state index contributed by atoms with van der Waals surface area (Å²) in [6.07, 6.45) is 4.82. The number of hydrogen-bond donors (Lipinski definition) is 2. The van der Waals surface area contributed by atoms with Gasteiger partial charge < -0.3 is 15.8 Å². The van der Waals surface area contributed by atoms with Crippen molar-refractivity contribution < 1.29 is 9.53 Å². The van der Waals surface area contributed by atoms with Crippen LogP contribution in [-0.4, -0.2) is 11.4 Å². The number of rotatable bonds is 6. The van der Waals surface area contributed by atoms with Gasteiger partial charge in [0.15, 0.2) is 0 Å². The second-order valence-electron chi connectivity index (χ2n) is 6.82. The van der Waals surface area contributed by atoms with Crippen LogP contribution in [-0.2, 0) is 17.9 Å². The number of carbonyl (C=O) groups is 1. The van der Waals surface area contributed by atoms with Crippen LogP contribution in [0.1, 0.15) is 43.2 Å². The zero-order chi connectivity index (χ0) is 17.5. The van der Waals surface area contributed by atoms with Gasteiger partial charge in [-0.3, -0.25) is 4.79 Å². The van der Waals surface area contributed by atoms with Crippen molar-refractivity contribution >= 4 is 5.91 Å². The van der Waals surface area contributed by atoms with Crippen LogP contribution in [0.25, 0.3) is 0 Å². The summed E-state index contributed by atoms with van der Waals surface area (Å²) in [5, 5.41) is 2.98. The topological polar surface area (TPSA) is 64.4 Å². The molecular formula is C21H26N2O2. The van der Waals surface area contributed by atoms with Crippen LogP contribution in [0.3, 0.4) is 0 Å². The fourth-order valence-electron chi connectivity index (χ4n) is 3.21. The van der Waals surface area contributed by atoms with Crippen molar-refractivity contribution in [1.29, 1.82) is 0 Å². The minimum Gasteiger partial charge on any atom is -0.489 e. The van der Waals surface area contributed by atoms with E-state index in [2.05, 4.69) is 5.32 Å². The van der Waals surface area contributed by atoms with E-state index < -0.39 is 5.54 Å². The third kappa shape index (κ3) is 4.83. The van der Waals surface area contributed by atoms with E-state index in [4.69, 9.17) is 10.5 Å². The minimum atomic E-state index is -0.684. The number of carbonyl (C=O) groups excluding carboxylic acids is 1. The Labute approximate surface area is 149 Å². The highest BCUT2D eigenvalue weighted by Crippen LogP contribution is 2.26. The Morgan fingerprint density at radius 3 is 2.32 bits per heavy atom. The lowest BCUT2D eigenvalue weighted by Crippen LogP contribution is -2.54. The molecular weight excluding hydrogens is 312 g/mol. The van der Waals surface area contributed by atoms with Crippen molar-refractivity contribution in [2.45, 2.75) is 50.8 Å². The average Bonchev–Trinajstić information content (AvgIpc) is 2.66. The molecule has 132 valence electrons. The van der Waals surface area contributed by atoms with Crippen molar-refractivity contribution in [1.82, 2.24) is 5.32 Å². The third-order valence-electron chi connectivity index (χ3n) is 4.82. The Hall–Kier alpha value is -2.33. The molecule has 1 aliphatic carbocycles. The zero-order valence-corrected chi connectivity index (χ0v) is 14.5. The van der Waals surface area contributed by atoms with E-state index in [9.17, 15) is 4.79 Å². The van der Waals surface area contributed by atoms with E-state index >= 15 is 0 Å². The predicted molar refractivity (Wildman–Crippen MR) is 99.1 cm³/mol. The summed E-state index contributed by atoms with van der Waals surface area (Å²) in [4.78, 5) is 12.4. The molecule has 2 aromatic rings. The fourth-order valence-corrected chi connectivity index (χ4v) is 3.21. The zero-order valence-electron chi connectivity index (χ0n) is 14.5. The third-order valence-corrected chi connectivity index (χ3v) is 4.82. The number of amides is 1. The second-order valence-corrected chi connectivity index (χ2v) is 6.82. The predicted octanol–water partition coefficient (Wildman–Crippen LogP) is 3.54. The van der Waals surface area contributed by atoms with Gasteiger partial charge in [0.1, 0.15) is 12.4 Å². The summed E-state index contributed by atoms with van der Waals surface area (Å²) in [6.45, 7) is 1.05. The van der Waals surface area contributed by atoms with Gasteiger partial charge in [0.25, 0.3) is 0 Å². The van der Waals surface area contributed by atoms with Crippen LogP contribution in [0.15, 0.2) is 54.6 Å². The number of nitrogens with one attached hydrogen (secondary N) is 1. The highest BCUT2D eigenvalue weighted by Gasteiger charge is 2.34. The standard InChI is InChI=1S/C21H26N2O2/c22-21(13-5-2-6-14-21)20(24)23-15-17-9-11-19(12-10-17)25-16-18-7-3-1-4-8-18/h1,3-4,7-12H,2,5-6,13-16,22H2,(H,23,24). The number of benzene rings is 2. The largest absolute Gasteiger partial charge is 0.489 e. The lowest BCUT2D eigenvalue weighted by Gasteiger charge is -2.31. The van der Waals surface area contributed by atoms with E-state index in [-0.39, 0.29) is 5.91 Å². The first kappa shape index (κ1) is 17.5. The van der Waals surface area contributed by atoms with E-state index in [0.29, 0.717) is 13.2 Å². The molecule has 4 heteroatoms. The first-order chi connectivity index (χ1) is 12.2. The van der Waals surface area contributed by atoms with Gasteiger partial charge in [-0.1, -0.05) is 61.7 Å². The minimum absolute atomic E-state index is 0.0309. The molecule has 0 bridgehead atoms. The van der Waals surface area contributed by atoms with Gasteiger partial charge in [-0.25, -0.2) is 0 Å². The molecule has 0 heterocycles. The summed E-state index contributed by atoms with van der Waals surface area (Å²) < 4.78 is 5.78. The molecule has 3 N–H and O–H groups in total. The van der Waals surface area contributed by atoms with Crippen LogP contribution in [0.2, 0.25) is 0 Å². The molecule has 0 aromatic heterocycles. The van der Waals surface area contributed by atoms with Gasteiger partial charge in [-0.05, 0) is 36.1 Å². The summed E-state index contributed by atoms with van der Waals surface area (Å²) in [6, 6.07) is 17.9. The van der Waals surface area contributed by atoms with Crippen molar-refractivity contribution in [2.24, 2.45) is 5.73 Å². The smallest absolute Gasteiger partial charge is 0.240 e. The summed E-state index contributed by atoms with van der Waals surface area (Å²) in [7, 11) is 0. The quantitative estimate of drug-likeness (QED) is 0.847. The summed E-state index contributed by atoms with van der Waals surface area (Å²) in [5.41, 5.74) is 7.75. The molecule has 0 aliphatic heterocycles. The van der Waals surface area contributed by atoms with Gasteiger partial charge >= 0.3 is 0 Å². The second kappa shape index (κ2) is 8.17. The molecule has 1 aliphatic rings. The maximum atomic E-state index is 12.4. The monoisotopic (exact) mass is 338 g/mol. The highest BCUT2D eigenvalue weighted by atomic mass is 16.5. The fraction of sp³-hybridized carbons (Fsp3) is 0.381. The van der Waals surface area contributed by atoms with Gasteiger partial charge in [0.2, 0.25) is 5.91 Å². The number of ether oxygens (including phenoxy) is 1. The molecule has 25 heavy (non-hydrogen) atoms. The normalized spacial score (nSPS) is 16.2. The lowest BCUT2D eigenvalue weighted by atomic mass is 9.82. The van der Waals surface area contributed by atoms with Crippen molar-refractivity contribution in [2.75, 3.05) is 0 Å². The first-order valence-electron chi connectivity index (χ1n) is 8.99. The highest BCUT2D eigenvalue weighted by molar-refractivity contribution is 5.86.